The van der Waals surface area contributed by atoms with Crippen LogP contribution in [-0.4, -0.2) is 19.8 Å². The molecule has 1 aliphatic heterocycles. The maximum atomic E-state index is 5.70. The minimum absolute atomic E-state index is 0.610. The highest BCUT2D eigenvalue weighted by molar-refractivity contribution is 9.10. The number of halogens is 1. The van der Waals surface area contributed by atoms with Gasteiger partial charge < -0.3 is 15.2 Å². The van der Waals surface area contributed by atoms with Gasteiger partial charge in [-0.3, -0.25) is 0 Å². The summed E-state index contributed by atoms with van der Waals surface area (Å²) in [4.78, 5) is 0. The Labute approximate surface area is 97.7 Å². The summed E-state index contributed by atoms with van der Waals surface area (Å²) in [6, 6.07) is 3.92. The Morgan fingerprint density at radius 2 is 2.07 bits per heavy atom. The molecule has 2 N–H and O–H groups in total. The third kappa shape index (κ3) is 2.26. The molecule has 1 aromatic rings. The molecule has 0 radical (unpaired) electrons. The first kappa shape index (κ1) is 10.8. The lowest BCUT2D eigenvalue weighted by Gasteiger charge is -2.13. The van der Waals surface area contributed by atoms with Crippen LogP contribution in [0.25, 0.3) is 0 Å². The Morgan fingerprint density at radius 3 is 2.87 bits per heavy atom. The van der Waals surface area contributed by atoms with Crippen molar-refractivity contribution in [3.05, 3.63) is 22.2 Å². The van der Waals surface area contributed by atoms with Crippen molar-refractivity contribution in [2.45, 2.75) is 12.8 Å². The van der Waals surface area contributed by atoms with E-state index in [1.807, 2.05) is 12.1 Å². The summed E-state index contributed by atoms with van der Waals surface area (Å²) in [5.74, 6) is 1.69. The molecule has 0 aliphatic carbocycles. The van der Waals surface area contributed by atoms with Crippen LogP contribution < -0.4 is 15.2 Å². The second kappa shape index (κ2) is 4.86. The number of ether oxygens (including phenoxy) is 2. The quantitative estimate of drug-likeness (QED) is 0.896. The second-order valence-corrected chi connectivity index (χ2v) is 4.30. The van der Waals surface area contributed by atoms with E-state index in [4.69, 9.17) is 15.2 Å². The lowest BCUT2D eigenvalue weighted by molar-refractivity contribution is 0.296. The summed E-state index contributed by atoms with van der Waals surface area (Å²) in [6.07, 6.45) is 1.72. The highest BCUT2D eigenvalue weighted by atomic mass is 79.9. The zero-order valence-corrected chi connectivity index (χ0v) is 10.0. The highest BCUT2D eigenvalue weighted by Gasteiger charge is 2.16. The zero-order chi connectivity index (χ0) is 10.7. The van der Waals surface area contributed by atoms with E-state index in [-0.39, 0.29) is 0 Å². The van der Waals surface area contributed by atoms with Gasteiger partial charge in [-0.2, -0.15) is 0 Å². The van der Waals surface area contributed by atoms with Gasteiger partial charge in [0.1, 0.15) is 0 Å². The Morgan fingerprint density at radius 1 is 1.27 bits per heavy atom. The maximum Gasteiger partial charge on any atom is 0.165 e. The van der Waals surface area contributed by atoms with Crippen molar-refractivity contribution < 1.29 is 9.47 Å². The molecule has 2 rings (SSSR count). The van der Waals surface area contributed by atoms with Gasteiger partial charge in [0.2, 0.25) is 0 Å². The summed E-state index contributed by atoms with van der Waals surface area (Å²) < 4.78 is 12.3. The normalized spacial score (nSPS) is 14.8. The summed E-state index contributed by atoms with van der Waals surface area (Å²) in [6.45, 7) is 2.04. The summed E-state index contributed by atoms with van der Waals surface area (Å²) >= 11 is 3.51. The molecular formula is C11H14BrNO2. The molecule has 0 unspecified atom stereocenters. The molecule has 0 amide bonds. The van der Waals surface area contributed by atoms with E-state index in [1.54, 1.807) is 0 Å². The fraction of sp³-hybridized carbons (Fsp3) is 0.455. The Kier molecular flexibility index (Phi) is 3.49. The van der Waals surface area contributed by atoms with E-state index in [9.17, 15) is 0 Å². The van der Waals surface area contributed by atoms with Crippen molar-refractivity contribution in [3.63, 3.8) is 0 Å². The minimum atomic E-state index is 0.610. The molecule has 3 nitrogen and oxygen atoms in total. The van der Waals surface area contributed by atoms with Gasteiger partial charge in [-0.15, -0.1) is 0 Å². The number of rotatable bonds is 2. The molecule has 4 heteroatoms. The molecule has 0 bridgehead atoms. The van der Waals surface area contributed by atoms with Crippen molar-refractivity contribution in [1.29, 1.82) is 0 Å². The Balaban J connectivity index is 2.42. The topological polar surface area (TPSA) is 44.5 Å². The lowest BCUT2D eigenvalue weighted by atomic mass is 10.1. The zero-order valence-electron chi connectivity index (χ0n) is 8.46. The van der Waals surface area contributed by atoms with E-state index in [0.29, 0.717) is 13.2 Å². The molecule has 0 fully saturated rings. The molecule has 0 atom stereocenters. The van der Waals surface area contributed by atoms with E-state index in [2.05, 4.69) is 15.9 Å². The SMILES string of the molecule is NCCc1c(Br)ccc2c1OCCCO2. The van der Waals surface area contributed by atoms with Crippen molar-refractivity contribution in [1.82, 2.24) is 0 Å². The maximum absolute atomic E-state index is 5.70. The lowest BCUT2D eigenvalue weighted by Crippen LogP contribution is -2.06. The largest absolute Gasteiger partial charge is 0.490 e. The van der Waals surface area contributed by atoms with Crippen LogP contribution in [0.3, 0.4) is 0 Å². The summed E-state index contributed by atoms with van der Waals surface area (Å²) in [5, 5.41) is 0. The van der Waals surface area contributed by atoms with Gasteiger partial charge in [0.05, 0.1) is 13.2 Å². The van der Waals surface area contributed by atoms with Crippen LogP contribution >= 0.6 is 15.9 Å². The first-order chi connectivity index (χ1) is 7.33. The Bertz CT molecular complexity index is 355. The number of hydrogen-bond donors (Lipinski definition) is 1. The van der Waals surface area contributed by atoms with Crippen LogP contribution in [0.4, 0.5) is 0 Å². The van der Waals surface area contributed by atoms with E-state index >= 15 is 0 Å². The third-order valence-electron chi connectivity index (χ3n) is 2.35. The van der Waals surface area contributed by atoms with Gasteiger partial charge in [0, 0.05) is 16.5 Å². The predicted octanol–water partition coefficient (Wildman–Crippen LogP) is 2.11. The molecule has 1 aliphatic rings. The van der Waals surface area contributed by atoms with Crippen molar-refractivity contribution in [2.75, 3.05) is 19.8 Å². The first-order valence-corrected chi connectivity index (χ1v) is 5.89. The van der Waals surface area contributed by atoms with Crippen LogP contribution in [-0.2, 0) is 6.42 Å². The van der Waals surface area contributed by atoms with Crippen LogP contribution in [0.5, 0.6) is 11.5 Å². The fourth-order valence-corrected chi connectivity index (χ4v) is 2.16. The average molecular weight is 272 g/mol. The molecule has 0 spiro atoms. The van der Waals surface area contributed by atoms with E-state index in [0.717, 1.165) is 41.0 Å². The Hall–Kier alpha value is -0.740. The number of hydrogen-bond acceptors (Lipinski definition) is 3. The average Bonchev–Trinajstić information content (AvgIpc) is 2.47. The summed E-state index contributed by atoms with van der Waals surface area (Å²) in [5.41, 5.74) is 6.69. The first-order valence-electron chi connectivity index (χ1n) is 5.10. The van der Waals surface area contributed by atoms with Crippen LogP contribution in [0, 0.1) is 0 Å². The van der Waals surface area contributed by atoms with Crippen LogP contribution in [0.2, 0.25) is 0 Å². The van der Waals surface area contributed by atoms with Gasteiger partial charge in [-0.25, -0.2) is 0 Å². The van der Waals surface area contributed by atoms with E-state index < -0.39 is 0 Å². The molecule has 1 aromatic carbocycles. The minimum Gasteiger partial charge on any atom is -0.490 e. The third-order valence-corrected chi connectivity index (χ3v) is 3.10. The fourth-order valence-electron chi connectivity index (χ4n) is 1.65. The van der Waals surface area contributed by atoms with Gasteiger partial charge in [-0.1, -0.05) is 15.9 Å². The van der Waals surface area contributed by atoms with Gasteiger partial charge in [0.25, 0.3) is 0 Å². The smallest absolute Gasteiger partial charge is 0.165 e. The summed E-state index contributed by atoms with van der Waals surface area (Å²) in [7, 11) is 0. The predicted molar refractivity (Wildman–Crippen MR) is 62.5 cm³/mol. The molecular weight excluding hydrogens is 258 g/mol. The second-order valence-electron chi connectivity index (χ2n) is 3.44. The number of nitrogens with two attached hydrogens (primary N) is 1. The van der Waals surface area contributed by atoms with Gasteiger partial charge in [-0.05, 0) is 25.1 Å². The molecule has 0 saturated carbocycles. The molecule has 1 heterocycles. The molecule has 82 valence electrons. The highest BCUT2D eigenvalue weighted by Crippen LogP contribution is 2.37. The number of benzene rings is 1. The monoisotopic (exact) mass is 271 g/mol. The molecule has 0 aromatic heterocycles. The van der Waals surface area contributed by atoms with Crippen molar-refractivity contribution in [2.24, 2.45) is 5.73 Å². The van der Waals surface area contributed by atoms with Gasteiger partial charge in [0.15, 0.2) is 11.5 Å². The number of fused-ring (bicyclic) bond motifs is 1. The molecule has 15 heavy (non-hydrogen) atoms. The van der Waals surface area contributed by atoms with E-state index in [1.165, 1.54) is 0 Å². The van der Waals surface area contributed by atoms with Crippen molar-refractivity contribution >= 4 is 15.9 Å². The van der Waals surface area contributed by atoms with Gasteiger partial charge >= 0.3 is 0 Å². The molecule has 0 saturated heterocycles. The van der Waals surface area contributed by atoms with Crippen molar-refractivity contribution in [3.8, 4) is 11.5 Å². The van der Waals surface area contributed by atoms with Crippen LogP contribution in [0.15, 0.2) is 16.6 Å². The standard InChI is InChI=1S/C11H14BrNO2/c12-9-2-3-10-11(8(9)4-5-13)15-7-1-6-14-10/h2-3H,1,4-7,13H2. The van der Waals surface area contributed by atoms with Crippen LogP contribution in [0.1, 0.15) is 12.0 Å².